The van der Waals surface area contributed by atoms with Crippen LogP contribution in [-0.2, 0) is 6.54 Å². The number of thiazole rings is 1. The molecule has 1 aliphatic carbocycles. The van der Waals surface area contributed by atoms with Crippen molar-refractivity contribution in [1.82, 2.24) is 9.88 Å². The third-order valence-corrected chi connectivity index (χ3v) is 4.77. The van der Waals surface area contributed by atoms with Crippen molar-refractivity contribution in [3.63, 3.8) is 0 Å². The molecule has 1 aromatic rings. The number of fused-ring (bicyclic) bond motifs is 1. The second-order valence-corrected chi connectivity index (χ2v) is 6.18. The van der Waals surface area contributed by atoms with Gasteiger partial charge in [0.05, 0.1) is 16.8 Å². The Balaban J connectivity index is 1.62. The molecular weight excluding hydrogens is 220 g/mol. The first-order valence-electron chi connectivity index (χ1n) is 6.04. The van der Waals surface area contributed by atoms with Gasteiger partial charge in [0.15, 0.2) is 0 Å². The van der Waals surface area contributed by atoms with Crippen LogP contribution in [0.1, 0.15) is 23.5 Å². The van der Waals surface area contributed by atoms with E-state index in [1.165, 1.54) is 12.1 Å². The highest BCUT2D eigenvalue weighted by atomic mass is 32.1. The molecule has 2 heterocycles. The van der Waals surface area contributed by atoms with Crippen molar-refractivity contribution in [2.24, 2.45) is 11.8 Å². The van der Waals surface area contributed by atoms with E-state index >= 15 is 0 Å². The topological polar surface area (TPSA) is 36.4 Å². The van der Waals surface area contributed by atoms with E-state index in [0.717, 1.165) is 37.0 Å². The fourth-order valence-electron chi connectivity index (χ4n) is 3.17. The van der Waals surface area contributed by atoms with E-state index in [9.17, 15) is 5.11 Å². The quantitative estimate of drug-likeness (QED) is 0.851. The first-order valence-corrected chi connectivity index (χ1v) is 6.92. The SMILES string of the molecule is Cc1nc(CN2CC3CCC(O)C3C2)cs1. The number of rotatable bonds is 2. The molecule has 2 fully saturated rings. The van der Waals surface area contributed by atoms with Crippen LogP contribution in [0.25, 0.3) is 0 Å². The van der Waals surface area contributed by atoms with E-state index in [0.29, 0.717) is 5.92 Å². The van der Waals surface area contributed by atoms with Gasteiger partial charge in [0.2, 0.25) is 0 Å². The monoisotopic (exact) mass is 238 g/mol. The number of aryl methyl sites for hydroxylation is 1. The average molecular weight is 238 g/mol. The lowest BCUT2D eigenvalue weighted by molar-refractivity contribution is 0.123. The number of nitrogens with zero attached hydrogens (tertiary/aromatic N) is 2. The Kier molecular flexibility index (Phi) is 2.73. The van der Waals surface area contributed by atoms with Gasteiger partial charge in [-0.2, -0.15) is 0 Å². The lowest BCUT2D eigenvalue weighted by atomic mass is 10.00. The molecule has 0 amide bonds. The second-order valence-electron chi connectivity index (χ2n) is 5.12. The van der Waals surface area contributed by atoms with Crippen molar-refractivity contribution >= 4 is 11.3 Å². The van der Waals surface area contributed by atoms with Gasteiger partial charge in [-0.15, -0.1) is 11.3 Å². The maximum atomic E-state index is 9.85. The molecule has 3 nitrogen and oxygen atoms in total. The zero-order valence-electron chi connectivity index (χ0n) is 9.59. The summed E-state index contributed by atoms with van der Waals surface area (Å²) in [5.41, 5.74) is 1.19. The molecule has 0 aromatic carbocycles. The largest absolute Gasteiger partial charge is 0.393 e. The molecular formula is C12H18N2OS. The molecule has 88 valence electrons. The molecule has 2 aliphatic rings. The van der Waals surface area contributed by atoms with Crippen molar-refractivity contribution in [2.45, 2.75) is 32.4 Å². The van der Waals surface area contributed by atoms with Crippen LogP contribution < -0.4 is 0 Å². The molecule has 3 atom stereocenters. The van der Waals surface area contributed by atoms with Gasteiger partial charge in [0, 0.05) is 30.9 Å². The highest BCUT2D eigenvalue weighted by Crippen LogP contribution is 2.38. The van der Waals surface area contributed by atoms with E-state index in [1.807, 2.05) is 0 Å². The average Bonchev–Trinajstić information content (AvgIpc) is 2.88. The molecule has 4 heteroatoms. The Labute approximate surface area is 100 Å². The van der Waals surface area contributed by atoms with Crippen molar-refractivity contribution in [3.8, 4) is 0 Å². The highest BCUT2D eigenvalue weighted by molar-refractivity contribution is 7.09. The Morgan fingerprint density at radius 2 is 2.38 bits per heavy atom. The fraction of sp³-hybridized carbons (Fsp3) is 0.750. The van der Waals surface area contributed by atoms with E-state index in [1.54, 1.807) is 11.3 Å². The molecule has 0 spiro atoms. The number of aliphatic hydroxyl groups is 1. The first kappa shape index (κ1) is 10.7. The second kappa shape index (κ2) is 4.09. The predicted octanol–water partition coefficient (Wildman–Crippen LogP) is 1.65. The van der Waals surface area contributed by atoms with Crippen molar-refractivity contribution in [1.29, 1.82) is 0 Å². The van der Waals surface area contributed by atoms with Gasteiger partial charge in [-0.25, -0.2) is 4.98 Å². The number of hydrogen-bond donors (Lipinski definition) is 1. The molecule has 3 unspecified atom stereocenters. The van der Waals surface area contributed by atoms with Gasteiger partial charge in [-0.1, -0.05) is 0 Å². The number of aliphatic hydroxyl groups excluding tert-OH is 1. The number of hydrogen-bond acceptors (Lipinski definition) is 4. The van der Waals surface area contributed by atoms with Crippen LogP contribution in [0, 0.1) is 18.8 Å². The van der Waals surface area contributed by atoms with E-state index in [2.05, 4.69) is 22.2 Å². The van der Waals surface area contributed by atoms with E-state index < -0.39 is 0 Å². The predicted molar refractivity (Wildman–Crippen MR) is 64.3 cm³/mol. The van der Waals surface area contributed by atoms with Gasteiger partial charge < -0.3 is 5.11 Å². The van der Waals surface area contributed by atoms with Gasteiger partial charge in [-0.3, -0.25) is 4.90 Å². The number of likely N-dealkylation sites (tertiary alicyclic amines) is 1. The summed E-state index contributed by atoms with van der Waals surface area (Å²) >= 11 is 1.72. The Morgan fingerprint density at radius 1 is 1.50 bits per heavy atom. The van der Waals surface area contributed by atoms with Crippen LogP contribution in [0.3, 0.4) is 0 Å². The van der Waals surface area contributed by atoms with Gasteiger partial charge in [0.25, 0.3) is 0 Å². The van der Waals surface area contributed by atoms with Crippen LogP contribution in [0.2, 0.25) is 0 Å². The van der Waals surface area contributed by atoms with Gasteiger partial charge in [0.1, 0.15) is 0 Å². The summed E-state index contributed by atoms with van der Waals surface area (Å²) < 4.78 is 0. The van der Waals surface area contributed by atoms with Crippen LogP contribution in [0.5, 0.6) is 0 Å². The van der Waals surface area contributed by atoms with Crippen LogP contribution >= 0.6 is 11.3 Å². The maximum absolute atomic E-state index is 9.85. The fourth-order valence-corrected chi connectivity index (χ4v) is 3.77. The molecule has 1 aromatic heterocycles. The van der Waals surface area contributed by atoms with Crippen molar-refractivity contribution in [2.75, 3.05) is 13.1 Å². The van der Waals surface area contributed by atoms with Crippen LogP contribution in [0.15, 0.2) is 5.38 Å². The summed E-state index contributed by atoms with van der Waals surface area (Å²) in [6, 6.07) is 0. The summed E-state index contributed by atoms with van der Waals surface area (Å²) in [4.78, 5) is 6.95. The third-order valence-electron chi connectivity index (χ3n) is 3.95. The first-order chi connectivity index (χ1) is 7.72. The molecule has 1 saturated carbocycles. The molecule has 16 heavy (non-hydrogen) atoms. The zero-order chi connectivity index (χ0) is 11.1. The third kappa shape index (κ3) is 1.90. The Bertz CT molecular complexity index is 379. The van der Waals surface area contributed by atoms with Crippen molar-refractivity contribution in [3.05, 3.63) is 16.1 Å². The highest BCUT2D eigenvalue weighted by Gasteiger charge is 2.41. The molecule has 0 radical (unpaired) electrons. The minimum absolute atomic E-state index is 0.0489. The summed E-state index contributed by atoms with van der Waals surface area (Å²) in [6.45, 7) is 5.22. The lowest BCUT2D eigenvalue weighted by Gasteiger charge is -2.16. The minimum Gasteiger partial charge on any atom is -0.393 e. The molecule has 3 rings (SSSR count). The molecule has 0 bridgehead atoms. The lowest BCUT2D eigenvalue weighted by Crippen LogP contribution is -2.24. The van der Waals surface area contributed by atoms with Gasteiger partial charge in [-0.05, 0) is 25.7 Å². The standard InChI is InChI=1S/C12H18N2OS/c1-8-13-10(7-16-8)5-14-4-9-2-3-12(15)11(9)6-14/h7,9,11-12,15H,2-6H2,1H3. The van der Waals surface area contributed by atoms with Crippen molar-refractivity contribution < 1.29 is 5.11 Å². The zero-order valence-corrected chi connectivity index (χ0v) is 10.4. The Morgan fingerprint density at radius 3 is 3.06 bits per heavy atom. The maximum Gasteiger partial charge on any atom is 0.0897 e. The summed E-state index contributed by atoms with van der Waals surface area (Å²) in [6.07, 6.45) is 2.17. The van der Waals surface area contributed by atoms with Crippen LogP contribution in [0.4, 0.5) is 0 Å². The minimum atomic E-state index is -0.0489. The normalized spacial score (nSPS) is 34.5. The Hall–Kier alpha value is -0.450. The van der Waals surface area contributed by atoms with E-state index in [4.69, 9.17) is 0 Å². The molecule has 1 N–H and O–H groups in total. The summed E-state index contributed by atoms with van der Waals surface area (Å²) in [5, 5.41) is 13.1. The summed E-state index contributed by atoms with van der Waals surface area (Å²) in [7, 11) is 0. The molecule has 1 saturated heterocycles. The number of aromatic nitrogens is 1. The van der Waals surface area contributed by atoms with Crippen LogP contribution in [-0.4, -0.2) is 34.2 Å². The summed E-state index contributed by atoms with van der Waals surface area (Å²) in [5.74, 6) is 1.26. The van der Waals surface area contributed by atoms with Gasteiger partial charge >= 0.3 is 0 Å². The smallest absolute Gasteiger partial charge is 0.0897 e. The van der Waals surface area contributed by atoms with E-state index in [-0.39, 0.29) is 6.10 Å². The molecule has 1 aliphatic heterocycles.